The number of nitro benzene ring substituents is 1. The van der Waals surface area contributed by atoms with Gasteiger partial charge in [0.05, 0.1) is 4.92 Å². The number of hydrogen-bond donors (Lipinski definition) is 2. The van der Waals surface area contributed by atoms with Gasteiger partial charge in [-0.3, -0.25) is 10.1 Å². The van der Waals surface area contributed by atoms with Crippen LogP contribution in [-0.4, -0.2) is 16.0 Å². The van der Waals surface area contributed by atoms with Crippen molar-refractivity contribution in [3.05, 3.63) is 62.1 Å². The Balaban J connectivity index is 2.39. The molecule has 0 saturated heterocycles. The third-order valence-electron chi connectivity index (χ3n) is 2.89. The molecular weight excluding hydrogens is 340 g/mol. The zero-order valence-corrected chi connectivity index (χ0v) is 12.5. The topological polar surface area (TPSA) is 92.5 Å². The van der Waals surface area contributed by atoms with Crippen LogP contribution in [0, 0.1) is 17.0 Å². The highest BCUT2D eigenvalue weighted by atomic mass is 79.9. The molecule has 0 atom stereocenters. The molecule has 0 aliphatic rings. The molecule has 0 radical (unpaired) electrons. The molecule has 0 amide bonds. The lowest BCUT2D eigenvalue weighted by Crippen LogP contribution is -2.03. The van der Waals surface area contributed by atoms with Crippen LogP contribution in [0.15, 0.2) is 40.9 Å². The van der Waals surface area contributed by atoms with E-state index in [4.69, 9.17) is 5.11 Å². The number of nitrogens with one attached hydrogen (secondary N) is 1. The monoisotopic (exact) mass is 350 g/mol. The number of aromatic carboxylic acids is 1. The molecule has 0 bridgehead atoms. The van der Waals surface area contributed by atoms with Gasteiger partial charge in [-0.15, -0.1) is 0 Å². The van der Waals surface area contributed by atoms with E-state index in [2.05, 4.69) is 21.2 Å². The van der Waals surface area contributed by atoms with Crippen LogP contribution in [0.25, 0.3) is 0 Å². The van der Waals surface area contributed by atoms with E-state index in [0.29, 0.717) is 5.69 Å². The molecule has 0 aromatic heterocycles. The first-order valence-corrected chi connectivity index (χ1v) is 6.72. The van der Waals surface area contributed by atoms with Crippen molar-refractivity contribution in [2.24, 2.45) is 0 Å². The van der Waals surface area contributed by atoms with E-state index in [1.165, 1.54) is 18.2 Å². The highest BCUT2D eigenvalue weighted by Crippen LogP contribution is 2.28. The van der Waals surface area contributed by atoms with Gasteiger partial charge in [-0.25, -0.2) is 4.79 Å². The fraction of sp³-hybridized carbons (Fsp3) is 0.0714. The van der Waals surface area contributed by atoms with Crippen LogP contribution in [0.4, 0.5) is 17.1 Å². The molecule has 0 heterocycles. The molecule has 2 aromatic rings. The molecule has 6 nitrogen and oxygen atoms in total. The van der Waals surface area contributed by atoms with Crippen molar-refractivity contribution in [2.45, 2.75) is 6.92 Å². The Morgan fingerprint density at radius 2 is 2.00 bits per heavy atom. The van der Waals surface area contributed by atoms with E-state index in [1.807, 2.05) is 25.1 Å². The fourth-order valence-electron chi connectivity index (χ4n) is 1.86. The number of carbonyl (C=O) groups is 1. The summed E-state index contributed by atoms with van der Waals surface area (Å²) in [4.78, 5) is 21.2. The zero-order valence-electron chi connectivity index (χ0n) is 11.0. The molecule has 2 rings (SSSR count). The number of carboxylic acid groups (broad SMARTS) is 1. The largest absolute Gasteiger partial charge is 0.477 e. The Bertz CT molecular complexity index is 731. The van der Waals surface area contributed by atoms with E-state index in [1.54, 1.807) is 0 Å². The molecule has 0 unspecified atom stereocenters. The van der Waals surface area contributed by atoms with Crippen molar-refractivity contribution in [3.63, 3.8) is 0 Å². The minimum atomic E-state index is -1.33. The summed E-state index contributed by atoms with van der Waals surface area (Å²) in [6, 6.07) is 9.51. The van der Waals surface area contributed by atoms with Crippen LogP contribution >= 0.6 is 15.9 Å². The van der Waals surface area contributed by atoms with Crippen molar-refractivity contribution in [3.8, 4) is 0 Å². The molecule has 2 aromatic carbocycles. The Kier molecular flexibility index (Phi) is 4.23. The Labute approximate surface area is 128 Å². The van der Waals surface area contributed by atoms with Crippen molar-refractivity contribution in [1.82, 2.24) is 0 Å². The van der Waals surface area contributed by atoms with Gasteiger partial charge in [-0.2, -0.15) is 0 Å². The number of nitrogens with zero attached hydrogens (tertiary/aromatic N) is 1. The Morgan fingerprint density at radius 1 is 1.29 bits per heavy atom. The summed E-state index contributed by atoms with van der Waals surface area (Å²) in [7, 11) is 0. The summed E-state index contributed by atoms with van der Waals surface area (Å²) in [5, 5.41) is 22.9. The number of nitro groups is 1. The summed E-state index contributed by atoms with van der Waals surface area (Å²) in [6.07, 6.45) is 0. The van der Waals surface area contributed by atoms with E-state index in [9.17, 15) is 14.9 Å². The van der Waals surface area contributed by atoms with E-state index < -0.39 is 16.6 Å². The molecule has 2 N–H and O–H groups in total. The number of anilines is 2. The van der Waals surface area contributed by atoms with Gasteiger partial charge >= 0.3 is 5.97 Å². The lowest BCUT2D eigenvalue weighted by Gasteiger charge is -2.10. The molecular formula is C14H11BrN2O4. The van der Waals surface area contributed by atoms with Crippen LogP contribution in [-0.2, 0) is 0 Å². The summed E-state index contributed by atoms with van der Waals surface area (Å²) in [5.41, 5.74) is 1.42. The Morgan fingerprint density at radius 3 is 2.57 bits per heavy atom. The molecule has 0 aliphatic heterocycles. The summed E-state index contributed by atoms with van der Waals surface area (Å²) < 4.78 is 0.928. The lowest BCUT2D eigenvalue weighted by molar-refractivity contribution is -0.385. The SMILES string of the molecule is Cc1cc(Br)ccc1Nc1ccc(C(=O)O)c([N+](=O)[O-])c1. The lowest BCUT2D eigenvalue weighted by atomic mass is 10.1. The van der Waals surface area contributed by atoms with Gasteiger partial charge in [0.2, 0.25) is 0 Å². The van der Waals surface area contributed by atoms with Crippen LogP contribution in [0.3, 0.4) is 0 Å². The normalized spacial score (nSPS) is 10.2. The average Bonchev–Trinajstić information content (AvgIpc) is 2.41. The Hall–Kier alpha value is -2.41. The van der Waals surface area contributed by atoms with Crippen LogP contribution < -0.4 is 5.32 Å². The van der Waals surface area contributed by atoms with Gasteiger partial charge in [0, 0.05) is 21.9 Å². The molecule has 0 aliphatic carbocycles. The van der Waals surface area contributed by atoms with Gasteiger partial charge in [0.15, 0.2) is 0 Å². The smallest absolute Gasteiger partial charge is 0.342 e. The first-order valence-electron chi connectivity index (χ1n) is 5.93. The number of rotatable bonds is 4. The highest BCUT2D eigenvalue weighted by Gasteiger charge is 2.20. The fourth-order valence-corrected chi connectivity index (χ4v) is 2.34. The second-order valence-electron chi connectivity index (χ2n) is 4.38. The van der Waals surface area contributed by atoms with Gasteiger partial charge in [-0.05, 0) is 42.8 Å². The van der Waals surface area contributed by atoms with Crippen molar-refractivity contribution in [1.29, 1.82) is 0 Å². The summed E-state index contributed by atoms with van der Waals surface area (Å²) in [5.74, 6) is -1.33. The molecule has 0 spiro atoms. The predicted octanol–water partition coefficient (Wildman–Crippen LogP) is 4.11. The maximum Gasteiger partial charge on any atom is 0.342 e. The second-order valence-corrected chi connectivity index (χ2v) is 5.29. The number of carboxylic acids is 1. The third kappa shape index (κ3) is 3.38. The molecule has 0 fully saturated rings. The molecule has 21 heavy (non-hydrogen) atoms. The number of hydrogen-bond acceptors (Lipinski definition) is 4. The second kappa shape index (κ2) is 5.92. The number of halogens is 1. The van der Waals surface area contributed by atoms with Gasteiger partial charge < -0.3 is 10.4 Å². The molecule has 108 valence electrons. The maximum absolute atomic E-state index is 11.0. The highest BCUT2D eigenvalue weighted by molar-refractivity contribution is 9.10. The quantitative estimate of drug-likeness (QED) is 0.639. The summed E-state index contributed by atoms with van der Waals surface area (Å²) >= 11 is 3.36. The number of benzene rings is 2. The minimum Gasteiger partial charge on any atom is -0.477 e. The van der Waals surface area contributed by atoms with Crippen LogP contribution in [0.1, 0.15) is 15.9 Å². The average molecular weight is 351 g/mol. The number of aryl methyl sites for hydroxylation is 1. The van der Waals surface area contributed by atoms with Crippen LogP contribution in [0.5, 0.6) is 0 Å². The predicted molar refractivity (Wildman–Crippen MR) is 82.2 cm³/mol. The van der Waals surface area contributed by atoms with E-state index >= 15 is 0 Å². The van der Waals surface area contributed by atoms with Crippen molar-refractivity contribution in [2.75, 3.05) is 5.32 Å². The zero-order chi connectivity index (χ0) is 15.6. The maximum atomic E-state index is 11.0. The van der Waals surface area contributed by atoms with Gasteiger partial charge in [0.25, 0.3) is 5.69 Å². The van der Waals surface area contributed by atoms with Gasteiger partial charge in [0.1, 0.15) is 5.56 Å². The first kappa shape index (κ1) is 15.0. The van der Waals surface area contributed by atoms with E-state index in [0.717, 1.165) is 15.7 Å². The van der Waals surface area contributed by atoms with Gasteiger partial charge in [-0.1, -0.05) is 15.9 Å². The third-order valence-corrected chi connectivity index (χ3v) is 3.39. The van der Waals surface area contributed by atoms with E-state index in [-0.39, 0.29) is 5.56 Å². The summed E-state index contributed by atoms with van der Waals surface area (Å²) in [6.45, 7) is 1.90. The van der Waals surface area contributed by atoms with Crippen molar-refractivity contribution >= 4 is 39.0 Å². The van der Waals surface area contributed by atoms with Crippen molar-refractivity contribution < 1.29 is 14.8 Å². The minimum absolute atomic E-state index is 0.335. The van der Waals surface area contributed by atoms with Crippen LogP contribution in [0.2, 0.25) is 0 Å². The molecule has 7 heteroatoms. The molecule has 0 saturated carbocycles. The standard InChI is InChI=1S/C14H11BrN2O4/c1-8-6-9(15)2-5-12(8)16-10-3-4-11(14(18)19)13(7-10)17(20)21/h2-7,16H,1H3,(H,18,19). The first-order chi connectivity index (χ1) is 9.88.